The summed E-state index contributed by atoms with van der Waals surface area (Å²) in [4.78, 5) is 30.8. The predicted molar refractivity (Wildman–Crippen MR) is 144 cm³/mol. The lowest BCUT2D eigenvalue weighted by atomic mass is 9.92. The zero-order chi connectivity index (χ0) is 25.9. The summed E-state index contributed by atoms with van der Waals surface area (Å²) >= 11 is 0. The highest BCUT2D eigenvalue weighted by molar-refractivity contribution is 5.92. The van der Waals surface area contributed by atoms with Crippen LogP contribution in [0.1, 0.15) is 40.9 Å². The number of amides is 2. The Labute approximate surface area is 216 Å². The molecule has 1 aromatic heterocycles. The number of methoxy groups -OCH3 is 1. The topological polar surface area (TPSA) is 83.7 Å². The van der Waals surface area contributed by atoms with Crippen LogP contribution < -0.4 is 10.1 Å². The lowest BCUT2D eigenvalue weighted by Crippen LogP contribution is -2.43. The van der Waals surface area contributed by atoms with Crippen molar-refractivity contribution in [1.29, 1.82) is 0 Å². The van der Waals surface area contributed by atoms with Crippen molar-refractivity contribution in [2.24, 2.45) is 0 Å². The van der Waals surface area contributed by atoms with E-state index in [4.69, 9.17) is 9.47 Å². The van der Waals surface area contributed by atoms with Crippen molar-refractivity contribution in [3.63, 3.8) is 0 Å². The van der Waals surface area contributed by atoms with Crippen LogP contribution in [0.5, 0.6) is 5.75 Å². The molecule has 2 N–H and O–H groups in total. The van der Waals surface area contributed by atoms with Gasteiger partial charge in [0.15, 0.2) is 0 Å². The highest BCUT2D eigenvalue weighted by Gasteiger charge is 2.34. The Kier molecular flexibility index (Phi) is 6.86. The van der Waals surface area contributed by atoms with Crippen LogP contribution in [-0.4, -0.2) is 42.1 Å². The molecular formula is C30H31N3O4. The normalized spacial score (nSPS) is 14.8. The van der Waals surface area contributed by atoms with Crippen molar-refractivity contribution >= 4 is 28.6 Å². The number of esters is 1. The molecule has 0 spiro atoms. The van der Waals surface area contributed by atoms with Crippen LogP contribution in [-0.2, 0) is 22.4 Å². The monoisotopic (exact) mass is 497 g/mol. The molecule has 0 unspecified atom stereocenters. The molecule has 3 aromatic carbocycles. The Morgan fingerprint density at radius 3 is 2.51 bits per heavy atom. The van der Waals surface area contributed by atoms with Gasteiger partial charge in [-0.15, -0.1) is 0 Å². The molecule has 5 rings (SSSR count). The molecule has 4 aromatic rings. The number of urea groups is 1. The number of carbonyl (C=O) groups is 2. The number of anilines is 1. The number of aromatic amines is 1. The van der Waals surface area contributed by atoms with Crippen molar-refractivity contribution in [1.82, 2.24) is 9.88 Å². The summed E-state index contributed by atoms with van der Waals surface area (Å²) < 4.78 is 10.5. The first-order chi connectivity index (χ1) is 18.0. The molecule has 2 heterocycles. The maximum absolute atomic E-state index is 13.6. The summed E-state index contributed by atoms with van der Waals surface area (Å²) in [5.74, 6) is 0.549. The van der Waals surface area contributed by atoms with Gasteiger partial charge in [0.05, 0.1) is 26.2 Å². The van der Waals surface area contributed by atoms with Gasteiger partial charge in [-0.25, -0.2) is 4.79 Å². The second kappa shape index (κ2) is 10.4. The van der Waals surface area contributed by atoms with E-state index in [-0.39, 0.29) is 24.5 Å². The number of H-pyrrole nitrogens is 1. The van der Waals surface area contributed by atoms with Gasteiger partial charge in [0, 0.05) is 28.8 Å². The highest BCUT2D eigenvalue weighted by Crippen LogP contribution is 2.39. The van der Waals surface area contributed by atoms with E-state index in [9.17, 15) is 9.59 Å². The molecule has 0 radical (unpaired) electrons. The average molecular weight is 498 g/mol. The molecule has 0 fully saturated rings. The summed E-state index contributed by atoms with van der Waals surface area (Å²) in [6.07, 6.45) is 0.939. The van der Waals surface area contributed by atoms with Gasteiger partial charge >= 0.3 is 12.0 Å². The largest absolute Gasteiger partial charge is 0.497 e. The first-order valence-corrected chi connectivity index (χ1v) is 12.5. The number of benzene rings is 3. The lowest BCUT2D eigenvalue weighted by Gasteiger charge is -2.36. The zero-order valence-corrected chi connectivity index (χ0v) is 21.3. The van der Waals surface area contributed by atoms with Crippen LogP contribution in [0.25, 0.3) is 10.9 Å². The Hall–Kier alpha value is -4.26. The van der Waals surface area contributed by atoms with Gasteiger partial charge in [-0.2, -0.15) is 0 Å². The average Bonchev–Trinajstić information content (AvgIpc) is 3.28. The Morgan fingerprint density at radius 1 is 1.05 bits per heavy atom. The first kappa shape index (κ1) is 24.4. The van der Waals surface area contributed by atoms with E-state index >= 15 is 0 Å². The third-order valence-electron chi connectivity index (χ3n) is 6.85. The number of hydrogen-bond donors (Lipinski definition) is 2. The molecular weight excluding hydrogens is 466 g/mol. The van der Waals surface area contributed by atoms with Gasteiger partial charge in [-0.05, 0) is 67.3 Å². The fourth-order valence-corrected chi connectivity index (χ4v) is 4.99. The minimum Gasteiger partial charge on any atom is -0.497 e. The van der Waals surface area contributed by atoms with E-state index in [1.54, 1.807) is 14.0 Å². The van der Waals surface area contributed by atoms with Crippen LogP contribution in [0.15, 0.2) is 66.7 Å². The molecule has 37 heavy (non-hydrogen) atoms. The van der Waals surface area contributed by atoms with E-state index in [0.717, 1.165) is 39.9 Å². The number of fused-ring (bicyclic) bond motifs is 3. The molecule has 1 atom stereocenters. The van der Waals surface area contributed by atoms with E-state index < -0.39 is 0 Å². The summed E-state index contributed by atoms with van der Waals surface area (Å²) in [7, 11) is 1.67. The number of nitrogens with one attached hydrogen (secondary N) is 2. The fraction of sp³-hybridized carbons (Fsp3) is 0.267. The SMILES string of the molecule is CCOC(=O)Cc1ccc(NC(=O)N2CCc3c([nH]c4ccc(OC)cc34)[C@@H]2c2ccc(C)cc2)cc1. The zero-order valence-electron chi connectivity index (χ0n) is 21.3. The van der Waals surface area contributed by atoms with Gasteiger partial charge < -0.3 is 24.7 Å². The number of aryl methyl sites for hydroxylation is 1. The van der Waals surface area contributed by atoms with Crippen molar-refractivity contribution < 1.29 is 19.1 Å². The van der Waals surface area contributed by atoms with Crippen LogP contribution in [0.3, 0.4) is 0 Å². The number of carbonyl (C=O) groups excluding carboxylic acids is 2. The molecule has 190 valence electrons. The van der Waals surface area contributed by atoms with Crippen molar-refractivity contribution in [2.45, 2.75) is 32.7 Å². The first-order valence-electron chi connectivity index (χ1n) is 12.5. The standard InChI is InChI=1S/C30H31N3O4/c1-4-37-27(34)17-20-7-11-22(12-8-20)31-30(35)33-16-15-24-25-18-23(36-3)13-14-26(25)32-28(24)29(33)21-9-5-19(2)6-10-21/h5-14,18,29,32H,4,15-17H2,1-3H3,(H,31,35)/t29-/m0/s1. The van der Waals surface area contributed by atoms with E-state index in [0.29, 0.717) is 18.8 Å². The summed E-state index contributed by atoms with van der Waals surface area (Å²) in [5.41, 5.74) is 7.00. The van der Waals surface area contributed by atoms with E-state index in [1.165, 1.54) is 11.1 Å². The highest BCUT2D eigenvalue weighted by atomic mass is 16.5. The van der Waals surface area contributed by atoms with E-state index in [2.05, 4.69) is 47.6 Å². The molecule has 0 bridgehead atoms. The van der Waals surface area contributed by atoms with Crippen LogP contribution in [0.2, 0.25) is 0 Å². The van der Waals surface area contributed by atoms with Crippen LogP contribution in [0, 0.1) is 6.92 Å². The third kappa shape index (κ3) is 5.03. The Balaban J connectivity index is 1.44. The smallest absolute Gasteiger partial charge is 0.322 e. The number of nitrogens with zero attached hydrogens (tertiary/aromatic N) is 1. The minimum absolute atomic E-state index is 0.175. The Morgan fingerprint density at radius 2 is 1.81 bits per heavy atom. The number of rotatable bonds is 6. The van der Waals surface area contributed by atoms with Crippen molar-refractivity contribution in [3.05, 3.63) is 94.7 Å². The minimum atomic E-state index is -0.264. The second-order valence-electron chi connectivity index (χ2n) is 9.29. The number of ether oxygens (including phenoxy) is 2. The molecule has 0 saturated carbocycles. The maximum atomic E-state index is 13.6. The summed E-state index contributed by atoms with van der Waals surface area (Å²) in [6.45, 7) is 4.77. The molecule has 2 amide bonds. The molecule has 7 nitrogen and oxygen atoms in total. The van der Waals surface area contributed by atoms with E-state index in [1.807, 2.05) is 41.3 Å². The number of hydrogen-bond acceptors (Lipinski definition) is 4. The molecule has 0 saturated heterocycles. The fourth-order valence-electron chi connectivity index (χ4n) is 4.99. The predicted octanol–water partition coefficient (Wildman–Crippen LogP) is 5.77. The quantitative estimate of drug-likeness (QED) is 0.331. The van der Waals surface area contributed by atoms with Gasteiger partial charge in [-0.3, -0.25) is 4.79 Å². The Bertz CT molecular complexity index is 1420. The number of aromatic nitrogens is 1. The van der Waals surface area contributed by atoms with Crippen LogP contribution >= 0.6 is 0 Å². The summed E-state index contributed by atoms with van der Waals surface area (Å²) in [5, 5.41) is 4.18. The summed E-state index contributed by atoms with van der Waals surface area (Å²) in [6, 6.07) is 21.2. The second-order valence-corrected chi connectivity index (χ2v) is 9.29. The van der Waals surface area contributed by atoms with Crippen molar-refractivity contribution in [2.75, 3.05) is 25.6 Å². The lowest BCUT2D eigenvalue weighted by molar-refractivity contribution is -0.142. The molecule has 0 aliphatic carbocycles. The maximum Gasteiger partial charge on any atom is 0.322 e. The van der Waals surface area contributed by atoms with Gasteiger partial charge in [0.25, 0.3) is 0 Å². The molecule has 7 heteroatoms. The third-order valence-corrected chi connectivity index (χ3v) is 6.85. The van der Waals surface area contributed by atoms with Crippen molar-refractivity contribution in [3.8, 4) is 5.75 Å². The van der Waals surface area contributed by atoms with Gasteiger partial charge in [0.2, 0.25) is 0 Å². The van der Waals surface area contributed by atoms with Gasteiger partial charge in [0.1, 0.15) is 5.75 Å². The van der Waals surface area contributed by atoms with Crippen LogP contribution in [0.4, 0.5) is 10.5 Å². The van der Waals surface area contributed by atoms with Gasteiger partial charge in [-0.1, -0.05) is 42.0 Å². The molecule has 1 aliphatic rings. The molecule has 1 aliphatic heterocycles.